The number of hydrogen-bond donors (Lipinski definition) is 0. The zero-order chi connectivity index (χ0) is 19.6. The smallest absolute Gasteiger partial charge is 0.416 e. The second-order valence-corrected chi connectivity index (χ2v) is 7.09. The number of nitrogens with zero attached hydrogens (tertiary/aromatic N) is 1. The summed E-state index contributed by atoms with van der Waals surface area (Å²) < 4.78 is 48.8. The van der Waals surface area contributed by atoms with Crippen LogP contribution in [0.1, 0.15) is 26.9 Å². The average Bonchev–Trinajstić information content (AvgIpc) is 3.15. The maximum absolute atomic E-state index is 12.9. The minimum Gasteiger partial charge on any atom is -0.497 e. The standard InChI is InChI=1S/C19H18F3NO3S/c1-25-14-7-8-15(16(11-14)26-2)18-23(9-10-27-18)17(24)12-3-5-13(6-4-12)19(20,21)22/h3-8,11,18H,9-10H2,1-2H3. The molecular formula is C19H18F3NO3S. The zero-order valence-corrected chi connectivity index (χ0v) is 15.6. The van der Waals surface area contributed by atoms with Gasteiger partial charge < -0.3 is 14.4 Å². The van der Waals surface area contributed by atoms with E-state index in [1.165, 1.54) is 12.1 Å². The van der Waals surface area contributed by atoms with E-state index in [2.05, 4.69) is 0 Å². The van der Waals surface area contributed by atoms with Crippen molar-refractivity contribution in [3.05, 3.63) is 59.2 Å². The molecule has 2 aromatic rings. The maximum Gasteiger partial charge on any atom is 0.416 e. The lowest BCUT2D eigenvalue weighted by Crippen LogP contribution is -2.30. The molecule has 1 aliphatic heterocycles. The lowest BCUT2D eigenvalue weighted by molar-refractivity contribution is -0.137. The van der Waals surface area contributed by atoms with Gasteiger partial charge in [-0.15, -0.1) is 11.8 Å². The molecule has 8 heteroatoms. The fourth-order valence-electron chi connectivity index (χ4n) is 2.93. The van der Waals surface area contributed by atoms with E-state index in [1.54, 1.807) is 43.0 Å². The molecule has 0 N–H and O–H groups in total. The van der Waals surface area contributed by atoms with Gasteiger partial charge >= 0.3 is 6.18 Å². The van der Waals surface area contributed by atoms with Crippen molar-refractivity contribution in [2.45, 2.75) is 11.6 Å². The van der Waals surface area contributed by atoms with Crippen LogP contribution in [-0.2, 0) is 6.18 Å². The Hall–Kier alpha value is -2.35. The molecule has 1 amide bonds. The summed E-state index contributed by atoms with van der Waals surface area (Å²) >= 11 is 1.58. The Bertz CT molecular complexity index is 824. The van der Waals surface area contributed by atoms with Crippen LogP contribution in [0.15, 0.2) is 42.5 Å². The molecule has 0 aliphatic carbocycles. The molecule has 0 spiro atoms. The third-order valence-electron chi connectivity index (χ3n) is 4.32. The lowest BCUT2D eigenvalue weighted by Gasteiger charge is -2.26. The Morgan fingerprint density at radius 2 is 1.81 bits per heavy atom. The molecule has 0 bridgehead atoms. The molecule has 1 heterocycles. The first-order valence-electron chi connectivity index (χ1n) is 8.17. The summed E-state index contributed by atoms with van der Waals surface area (Å²) in [6.45, 7) is 0.504. The number of halogens is 3. The number of hydrogen-bond acceptors (Lipinski definition) is 4. The monoisotopic (exact) mass is 397 g/mol. The Morgan fingerprint density at radius 1 is 1.11 bits per heavy atom. The minimum absolute atomic E-state index is 0.225. The minimum atomic E-state index is -4.43. The van der Waals surface area contributed by atoms with Crippen LogP contribution < -0.4 is 9.47 Å². The van der Waals surface area contributed by atoms with Gasteiger partial charge in [-0.2, -0.15) is 13.2 Å². The summed E-state index contributed by atoms with van der Waals surface area (Å²) in [5.74, 6) is 1.65. The van der Waals surface area contributed by atoms with Gasteiger partial charge in [0.15, 0.2) is 0 Å². The van der Waals surface area contributed by atoms with Gasteiger partial charge in [0, 0.05) is 29.5 Å². The first kappa shape index (κ1) is 19.4. The van der Waals surface area contributed by atoms with Crippen molar-refractivity contribution in [1.29, 1.82) is 0 Å². The van der Waals surface area contributed by atoms with Crippen LogP contribution in [0.5, 0.6) is 11.5 Å². The molecule has 1 fully saturated rings. The largest absolute Gasteiger partial charge is 0.497 e. The molecule has 1 unspecified atom stereocenters. The highest BCUT2D eigenvalue weighted by Gasteiger charge is 2.34. The van der Waals surface area contributed by atoms with Crippen molar-refractivity contribution in [2.75, 3.05) is 26.5 Å². The first-order valence-corrected chi connectivity index (χ1v) is 9.22. The zero-order valence-electron chi connectivity index (χ0n) is 14.7. The molecule has 0 radical (unpaired) electrons. The molecule has 1 aliphatic rings. The summed E-state index contributed by atoms with van der Waals surface area (Å²) in [6, 6.07) is 9.67. The SMILES string of the molecule is COc1ccc(C2SCCN2C(=O)c2ccc(C(F)(F)F)cc2)c(OC)c1. The molecule has 1 saturated heterocycles. The molecule has 144 valence electrons. The van der Waals surface area contributed by atoms with Crippen LogP contribution in [0.4, 0.5) is 13.2 Å². The van der Waals surface area contributed by atoms with E-state index >= 15 is 0 Å². The normalized spacial score (nSPS) is 17.1. The first-order chi connectivity index (χ1) is 12.8. The van der Waals surface area contributed by atoms with Crippen LogP contribution >= 0.6 is 11.8 Å². The molecule has 0 saturated carbocycles. The number of amides is 1. The van der Waals surface area contributed by atoms with Crippen LogP contribution in [0.2, 0.25) is 0 Å². The van der Waals surface area contributed by atoms with Crippen LogP contribution in [-0.4, -0.2) is 37.3 Å². The number of ether oxygens (including phenoxy) is 2. The lowest BCUT2D eigenvalue weighted by atomic mass is 10.1. The summed E-state index contributed by atoms with van der Waals surface area (Å²) in [4.78, 5) is 14.5. The number of carbonyl (C=O) groups excluding carboxylic acids is 1. The third kappa shape index (κ3) is 4.00. The second kappa shape index (κ2) is 7.72. The average molecular weight is 397 g/mol. The van der Waals surface area contributed by atoms with Crippen molar-refractivity contribution in [1.82, 2.24) is 4.90 Å². The third-order valence-corrected chi connectivity index (χ3v) is 5.56. The Kier molecular flexibility index (Phi) is 5.55. The van der Waals surface area contributed by atoms with Crippen molar-refractivity contribution < 1.29 is 27.4 Å². The summed E-state index contributed by atoms with van der Waals surface area (Å²) in [5, 5.41) is -0.277. The van der Waals surface area contributed by atoms with Gasteiger partial charge in [0.2, 0.25) is 0 Å². The Balaban J connectivity index is 1.87. The summed E-state index contributed by atoms with van der Waals surface area (Å²) in [5.41, 5.74) is 0.271. The number of thioether (sulfide) groups is 1. The van der Waals surface area contributed by atoms with Gasteiger partial charge in [0.25, 0.3) is 5.91 Å². The Labute approximate surface area is 159 Å². The fraction of sp³-hybridized carbons (Fsp3) is 0.316. The number of rotatable bonds is 4. The van der Waals surface area contributed by atoms with E-state index in [9.17, 15) is 18.0 Å². The van der Waals surface area contributed by atoms with E-state index in [0.717, 1.165) is 23.4 Å². The molecule has 4 nitrogen and oxygen atoms in total. The van der Waals surface area contributed by atoms with E-state index < -0.39 is 11.7 Å². The molecule has 27 heavy (non-hydrogen) atoms. The second-order valence-electron chi connectivity index (χ2n) is 5.90. The highest BCUT2D eigenvalue weighted by molar-refractivity contribution is 7.99. The van der Waals surface area contributed by atoms with E-state index in [0.29, 0.717) is 18.0 Å². The fourth-order valence-corrected chi connectivity index (χ4v) is 4.21. The van der Waals surface area contributed by atoms with Crippen molar-refractivity contribution in [3.63, 3.8) is 0 Å². The van der Waals surface area contributed by atoms with Crippen LogP contribution in [0, 0.1) is 0 Å². The van der Waals surface area contributed by atoms with Crippen molar-refractivity contribution >= 4 is 17.7 Å². The molecule has 2 aromatic carbocycles. The quantitative estimate of drug-likeness (QED) is 0.755. The van der Waals surface area contributed by atoms with Gasteiger partial charge in [-0.05, 0) is 36.4 Å². The summed E-state index contributed by atoms with van der Waals surface area (Å²) in [7, 11) is 3.10. The van der Waals surface area contributed by atoms with E-state index in [-0.39, 0.29) is 16.8 Å². The number of carbonyl (C=O) groups is 1. The van der Waals surface area contributed by atoms with E-state index in [4.69, 9.17) is 9.47 Å². The number of methoxy groups -OCH3 is 2. The predicted octanol–water partition coefficient (Wildman–Crippen LogP) is 4.61. The molecule has 3 rings (SSSR count). The Morgan fingerprint density at radius 3 is 2.41 bits per heavy atom. The van der Waals surface area contributed by atoms with Crippen LogP contribution in [0.25, 0.3) is 0 Å². The van der Waals surface area contributed by atoms with Gasteiger partial charge in [-0.3, -0.25) is 4.79 Å². The van der Waals surface area contributed by atoms with E-state index in [1.807, 2.05) is 6.07 Å². The van der Waals surface area contributed by atoms with Crippen LogP contribution in [0.3, 0.4) is 0 Å². The molecule has 0 aromatic heterocycles. The van der Waals surface area contributed by atoms with Crippen molar-refractivity contribution in [2.24, 2.45) is 0 Å². The predicted molar refractivity (Wildman–Crippen MR) is 97.2 cm³/mol. The highest BCUT2D eigenvalue weighted by atomic mass is 32.2. The van der Waals surface area contributed by atoms with Gasteiger partial charge in [-0.1, -0.05) is 0 Å². The van der Waals surface area contributed by atoms with Gasteiger partial charge in [-0.25, -0.2) is 0 Å². The summed E-state index contributed by atoms with van der Waals surface area (Å²) in [6.07, 6.45) is -4.43. The molecular weight excluding hydrogens is 379 g/mol. The number of benzene rings is 2. The van der Waals surface area contributed by atoms with Crippen molar-refractivity contribution in [3.8, 4) is 11.5 Å². The topological polar surface area (TPSA) is 38.8 Å². The highest BCUT2D eigenvalue weighted by Crippen LogP contribution is 2.43. The maximum atomic E-state index is 12.9. The molecule has 1 atom stereocenters. The van der Waals surface area contributed by atoms with Gasteiger partial charge in [0.1, 0.15) is 16.9 Å². The number of alkyl halides is 3. The van der Waals surface area contributed by atoms with Gasteiger partial charge in [0.05, 0.1) is 19.8 Å².